The maximum atomic E-state index is 12.9. The van der Waals surface area contributed by atoms with E-state index in [9.17, 15) is 49.5 Å². The second kappa shape index (κ2) is 19.0. The molecule has 74 heavy (non-hydrogen) atoms. The van der Waals surface area contributed by atoms with Gasteiger partial charge >= 0.3 is 41.5 Å². The Morgan fingerprint density at radius 1 is 0.541 bits per heavy atom. The smallest absolute Gasteiger partial charge is 1.00 e. The molecule has 0 aromatic rings. The quantitative estimate of drug-likeness (QED) is 0.135. The molecule has 6 saturated carbocycles. The summed E-state index contributed by atoms with van der Waals surface area (Å²) in [4.78, 5) is 63.0. The van der Waals surface area contributed by atoms with Crippen molar-refractivity contribution in [2.24, 2.45) is 76.8 Å². The third-order valence-electron chi connectivity index (χ3n) is 24.3. The predicted molar refractivity (Wildman–Crippen MR) is 288 cm³/mol. The number of Topliss-reactive ketones (excluding diaryl/α,β-unsaturated/α-hetero) is 1. The van der Waals surface area contributed by atoms with Gasteiger partial charge in [-0.15, -0.1) is 0 Å². The first-order chi connectivity index (χ1) is 32.2. The number of carboxylic acids is 2. The fourth-order valence-electron chi connectivity index (χ4n) is 18.2. The van der Waals surface area contributed by atoms with E-state index in [1.54, 1.807) is 26.0 Å². The maximum Gasteiger partial charge on any atom is 1.00 e. The van der Waals surface area contributed by atoms with E-state index in [4.69, 9.17) is 0 Å². The number of carboxylic acid groups (broad SMARTS) is 2. The summed E-state index contributed by atoms with van der Waals surface area (Å²) in [5, 5.41) is 51.3. The summed E-state index contributed by atoms with van der Waals surface area (Å²) in [5.74, 6) is -2.12. The van der Waals surface area contributed by atoms with Gasteiger partial charge in [0.15, 0.2) is 5.78 Å². The molecule has 10 rings (SSSR count). The van der Waals surface area contributed by atoms with Crippen molar-refractivity contribution in [2.75, 3.05) is 13.2 Å². The largest absolute Gasteiger partial charge is 1.00 e. The van der Waals surface area contributed by atoms with Crippen molar-refractivity contribution < 1.29 is 80.5 Å². The summed E-state index contributed by atoms with van der Waals surface area (Å²) >= 11 is 0. The van der Waals surface area contributed by atoms with Crippen LogP contribution in [0.2, 0.25) is 0 Å². The molecule has 10 aliphatic carbocycles. The molecule has 0 amide bonds. The topological polar surface area (TPSA) is 186 Å². The summed E-state index contributed by atoms with van der Waals surface area (Å²) in [6, 6.07) is 0. The predicted octanol–water partition coefficient (Wildman–Crippen LogP) is 8.67. The van der Waals surface area contributed by atoms with E-state index in [1.165, 1.54) is 11.1 Å². The molecular formula is C62H91BNaO10. The molecule has 0 aromatic carbocycles. The first-order valence-electron chi connectivity index (χ1n) is 26.5. The van der Waals surface area contributed by atoms with Crippen LogP contribution in [0.5, 0.6) is 0 Å². The third kappa shape index (κ3) is 7.83. The van der Waals surface area contributed by atoms with Crippen molar-refractivity contribution in [2.45, 2.75) is 194 Å². The van der Waals surface area contributed by atoms with Gasteiger partial charge in [-0.2, -0.15) is 0 Å². The number of aliphatic hydroxyl groups excluding tert-OH is 3. The zero-order valence-electron chi connectivity index (χ0n) is 46.9. The standard InChI is InChI=1S/C30H42O5.C30H40O5.2CH4.B.Na.H/c2*1-25-9-10-26(2,24(34)35)16-22(25)30(6)14-12-27(3)19-15-20(32)23(33)28(4,17-31)18(19)7-8-21(27)29(30,5)13-11-25;;;;;/h7-8,15,22-23,31,33H,9-14,16-17H2,1-6H3,(H,34,35);7-8,15,22,31H,9-14,16-17H2,1-6H3,(H,34,35);2*1H4;;;/q;;;;;+1;-1/t22-,23+,25-,26-,27+,28+,29-,30+;22-,25-,26-,27+,28+,29-,30+;;;;;/m11...../s1. The second-order valence-electron chi connectivity index (χ2n) is 27.7. The zero-order chi connectivity index (χ0) is 51.6. The molecule has 0 heterocycles. The summed E-state index contributed by atoms with van der Waals surface area (Å²) in [5.41, 5.74) is 1.72. The van der Waals surface area contributed by atoms with Crippen LogP contribution >= 0.6 is 0 Å². The zero-order valence-corrected chi connectivity index (χ0v) is 47.9. The van der Waals surface area contributed by atoms with E-state index in [-0.39, 0.29) is 117 Å². The minimum Gasteiger partial charge on any atom is -1.00 e. The van der Waals surface area contributed by atoms with Gasteiger partial charge in [-0.1, -0.05) is 113 Å². The van der Waals surface area contributed by atoms with Gasteiger partial charge in [0.05, 0.1) is 29.5 Å². The molecule has 3 radical (unpaired) electrons. The Morgan fingerprint density at radius 2 is 0.932 bits per heavy atom. The van der Waals surface area contributed by atoms with Crippen molar-refractivity contribution in [1.29, 1.82) is 0 Å². The van der Waals surface area contributed by atoms with Crippen molar-refractivity contribution in [3.63, 3.8) is 0 Å². The first kappa shape index (κ1) is 62.2. The number of allylic oxidation sites excluding steroid dienone is 9. The molecule has 0 aromatic heterocycles. The Labute approximate surface area is 469 Å². The Kier molecular flexibility index (Phi) is 16.0. The summed E-state index contributed by atoms with van der Waals surface area (Å²) in [6.45, 7) is 25.4. The van der Waals surface area contributed by atoms with Gasteiger partial charge in [0.25, 0.3) is 0 Å². The number of rotatable bonds is 4. The monoisotopic (exact) mass is 1030 g/mol. The van der Waals surface area contributed by atoms with Crippen LogP contribution < -0.4 is 29.6 Å². The summed E-state index contributed by atoms with van der Waals surface area (Å²) in [6.07, 6.45) is 23.0. The number of aliphatic hydroxyl groups is 3. The van der Waals surface area contributed by atoms with Crippen molar-refractivity contribution in [3.05, 3.63) is 69.9 Å². The van der Waals surface area contributed by atoms with Crippen LogP contribution in [0, 0.1) is 76.8 Å². The van der Waals surface area contributed by atoms with E-state index in [0.717, 1.165) is 99.3 Å². The second-order valence-corrected chi connectivity index (χ2v) is 27.7. The van der Waals surface area contributed by atoms with Gasteiger partial charge in [-0.3, -0.25) is 24.0 Å². The Morgan fingerprint density at radius 3 is 1.32 bits per heavy atom. The van der Waals surface area contributed by atoms with Crippen LogP contribution in [-0.2, 0) is 24.0 Å². The van der Waals surface area contributed by atoms with E-state index >= 15 is 0 Å². The molecule has 0 aliphatic heterocycles. The Balaban J connectivity index is 0.000000304. The van der Waals surface area contributed by atoms with Crippen LogP contribution in [-0.4, -0.2) is 82.6 Å². The van der Waals surface area contributed by atoms with E-state index < -0.39 is 51.3 Å². The van der Waals surface area contributed by atoms with Gasteiger partial charge < -0.3 is 27.0 Å². The summed E-state index contributed by atoms with van der Waals surface area (Å²) < 4.78 is 0. The van der Waals surface area contributed by atoms with E-state index in [0.29, 0.717) is 24.7 Å². The van der Waals surface area contributed by atoms with Crippen molar-refractivity contribution in [1.82, 2.24) is 0 Å². The number of aliphatic carboxylic acids is 2. The van der Waals surface area contributed by atoms with Crippen LogP contribution in [0.25, 0.3) is 0 Å². The molecule has 6 fully saturated rings. The normalized spacial score (nSPS) is 47.3. The molecule has 15 atom stereocenters. The van der Waals surface area contributed by atoms with Crippen LogP contribution in [0.1, 0.15) is 189 Å². The molecule has 403 valence electrons. The molecule has 0 unspecified atom stereocenters. The fraction of sp³-hybridized carbons (Fsp3) is 0.726. The SMILES string of the molecule is C.C.C[C@@]1(C(=O)O)CC[C@]2(C)CC[C@]3(C)C4=CC=C5C(=CC(=O)C(=O)[C@@]5(C)CO)[C@]4(C)CC[C@@]3(C)[C@@H]2C1.C[C@@]1(C(=O)O)CC[C@]2(C)CC[C@]3(C)C4=CC=C5C(=CC(=O)[C@H](O)[C@@]5(C)CO)[C@]4(C)CC[C@@]3(C)[C@@H]2C1.[B].[H-].[Na+]. The molecule has 10 nitrogen and oxygen atoms in total. The van der Waals surface area contributed by atoms with Crippen molar-refractivity contribution in [3.8, 4) is 0 Å². The average Bonchev–Trinajstić information content (AvgIpc) is 3.31. The molecule has 0 saturated heterocycles. The number of carbonyl (C=O) groups is 5. The maximum absolute atomic E-state index is 12.9. The average molecular weight is 1030 g/mol. The molecule has 5 N–H and O–H groups in total. The number of carbonyl (C=O) groups excluding carboxylic acids is 3. The Bertz CT molecular complexity index is 2620. The van der Waals surface area contributed by atoms with Crippen LogP contribution in [0.4, 0.5) is 0 Å². The third-order valence-corrected chi connectivity index (χ3v) is 24.3. The Hall–Kier alpha value is -2.67. The fourth-order valence-corrected chi connectivity index (χ4v) is 18.2. The molecule has 0 bridgehead atoms. The van der Waals surface area contributed by atoms with Gasteiger partial charge in [-0.25, -0.2) is 0 Å². The van der Waals surface area contributed by atoms with Crippen LogP contribution in [0.3, 0.4) is 0 Å². The minimum atomic E-state index is -1.24. The number of hydrogen-bond acceptors (Lipinski definition) is 8. The number of hydrogen-bond donors (Lipinski definition) is 5. The van der Waals surface area contributed by atoms with Gasteiger partial charge in [-0.05, 0) is 189 Å². The molecule has 0 spiro atoms. The van der Waals surface area contributed by atoms with Gasteiger partial charge in [0, 0.05) is 24.7 Å². The van der Waals surface area contributed by atoms with E-state index in [1.807, 2.05) is 26.0 Å². The number of fused-ring (bicyclic) bond motifs is 14. The van der Waals surface area contributed by atoms with Gasteiger partial charge in [0.1, 0.15) is 6.10 Å². The first-order valence-corrected chi connectivity index (χ1v) is 26.5. The molecule has 12 heteroatoms. The van der Waals surface area contributed by atoms with Crippen molar-refractivity contribution >= 4 is 37.7 Å². The van der Waals surface area contributed by atoms with Gasteiger partial charge in [0.2, 0.25) is 11.6 Å². The van der Waals surface area contributed by atoms with Crippen LogP contribution in [0.15, 0.2) is 69.9 Å². The molecular weight excluding hydrogens is 938 g/mol. The summed E-state index contributed by atoms with van der Waals surface area (Å²) in [7, 11) is 0. The molecule has 10 aliphatic rings. The minimum absolute atomic E-state index is 0. The number of ketones is 3. The van der Waals surface area contributed by atoms with E-state index in [2.05, 4.69) is 67.5 Å².